The molecule has 0 amide bonds. The molecule has 0 saturated carbocycles. The van der Waals surface area contributed by atoms with Crippen molar-refractivity contribution in [3.05, 3.63) is 65.2 Å². The van der Waals surface area contributed by atoms with Gasteiger partial charge in [-0.1, -0.05) is 18.2 Å². The second kappa shape index (κ2) is 5.80. The Morgan fingerprint density at radius 2 is 1.74 bits per heavy atom. The highest BCUT2D eigenvalue weighted by Gasteiger charge is 2.09. The van der Waals surface area contributed by atoms with Crippen molar-refractivity contribution >= 4 is 0 Å². The summed E-state index contributed by atoms with van der Waals surface area (Å²) < 4.78 is 31.6. The molecule has 0 fully saturated rings. The highest BCUT2D eigenvalue weighted by Crippen LogP contribution is 2.25. The molecule has 1 N–H and O–H groups in total. The molecule has 0 radical (unpaired) electrons. The number of para-hydroxylation sites is 1. The van der Waals surface area contributed by atoms with Gasteiger partial charge in [0, 0.05) is 11.6 Å². The summed E-state index contributed by atoms with van der Waals surface area (Å²) in [7, 11) is 0. The summed E-state index contributed by atoms with van der Waals surface area (Å²) in [4.78, 5) is 0. The maximum Gasteiger partial charge on any atom is 0.126 e. The normalized spacial score (nSPS) is 12.2. The fourth-order valence-corrected chi connectivity index (χ4v) is 1.81. The van der Waals surface area contributed by atoms with Crippen molar-refractivity contribution in [2.75, 3.05) is 0 Å². The van der Waals surface area contributed by atoms with E-state index in [2.05, 4.69) is 0 Å². The molecule has 0 aliphatic heterocycles. The van der Waals surface area contributed by atoms with Crippen molar-refractivity contribution in [2.45, 2.75) is 19.6 Å². The van der Waals surface area contributed by atoms with E-state index in [1.807, 2.05) is 0 Å². The van der Waals surface area contributed by atoms with Crippen LogP contribution in [0, 0.1) is 11.6 Å². The first-order valence-corrected chi connectivity index (χ1v) is 5.91. The van der Waals surface area contributed by atoms with E-state index in [4.69, 9.17) is 4.74 Å². The van der Waals surface area contributed by atoms with Gasteiger partial charge in [0.2, 0.25) is 0 Å². The Labute approximate surface area is 110 Å². The Hall–Kier alpha value is -1.94. The van der Waals surface area contributed by atoms with Crippen LogP contribution in [0.2, 0.25) is 0 Å². The van der Waals surface area contributed by atoms with Crippen LogP contribution in [0.4, 0.5) is 8.78 Å². The van der Waals surface area contributed by atoms with Gasteiger partial charge in [-0.2, -0.15) is 0 Å². The molecule has 1 atom stereocenters. The fraction of sp³-hybridized carbons (Fsp3) is 0.200. The molecule has 100 valence electrons. The molecule has 0 aliphatic rings. The molecule has 0 unspecified atom stereocenters. The summed E-state index contributed by atoms with van der Waals surface area (Å²) >= 11 is 0. The molecule has 19 heavy (non-hydrogen) atoms. The lowest BCUT2D eigenvalue weighted by molar-refractivity contribution is 0.190. The van der Waals surface area contributed by atoms with Crippen molar-refractivity contribution < 1.29 is 18.6 Å². The fourth-order valence-electron chi connectivity index (χ4n) is 1.81. The number of aliphatic hydroxyl groups excluding tert-OH is 1. The summed E-state index contributed by atoms with van der Waals surface area (Å²) in [6.07, 6.45) is -0.666. The average Bonchev–Trinajstić information content (AvgIpc) is 2.35. The SMILES string of the molecule is C[C@@H](O)c1ccccc1OCc1cc(F)cc(F)c1. The second-order valence-electron chi connectivity index (χ2n) is 4.28. The highest BCUT2D eigenvalue weighted by atomic mass is 19.1. The van der Waals surface area contributed by atoms with Gasteiger partial charge in [-0.3, -0.25) is 0 Å². The van der Waals surface area contributed by atoms with Gasteiger partial charge in [-0.15, -0.1) is 0 Å². The van der Waals surface area contributed by atoms with Gasteiger partial charge in [0.25, 0.3) is 0 Å². The van der Waals surface area contributed by atoms with Crippen LogP contribution in [0.5, 0.6) is 5.75 Å². The molecular formula is C15H14F2O2. The first kappa shape index (κ1) is 13.5. The standard InChI is InChI=1S/C15H14F2O2/c1-10(18)14-4-2-3-5-15(14)19-9-11-6-12(16)8-13(17)7-11/h2-8,10,18H,9H2,1H3/t10-/m1/s1. The summed E-state index contributed by atoms with van der Waals surface area (Å²) in [6, 6.07) is 10.3. The van der Waals surface area contributed by atoms with Crippen LogP contribution >= 0.6 is 0 Å². The number of hydrogen-bond acceptors (Lipinski definition) is 2. The number of hydrogen-bond donors (Lipinski definition) is 1. The van der Waals surface area contributed by atoms with E-state index in [0.717, 1.165) is 6.07 Å². The molecule has 2 aromatic rings. The molecule has 0 bridgehead atoms. The van der Waals surface area contributed by atoms with Gasteiger partial charge in [0.15, 0.2) is 0 Å². The summed E-state index contributed by atoms with van der Waals surface area (Å²) in [5, 5.41) is 9.59. The predicted molar refractivity (Wildman–Crippen MR) is 67.8 cm³/mol. The lowest BCUT2D eigenvalue weighted by Gasteiger charge is -2.13. The molecule has 2 nitrogen and oxygen atoms in total. The maximum atomic E-state index is 13.0. The van der Waals surface area contributed by atoms with Gasteiger partial charge in [0.1, 0.15) is 24.0 Å². The topological polar surface area (TPSA) is 29.5 Å². The number of rotatable bonds is 4. The largest absolute Gasteiger partial charge is 0.489 e. The minimum absolute atomic E-state index is 0.0401. The second-order valence-corrected chi connectivity index (χ2v) is 4.28. The molecule has 2 aromatic carbocycles. The van der Waals surface area contributed by atoms with E-state index >= 15 is 0 Å². The lowest BCUT2D eigenvalue weighted by Crippen LogP contribution is -2.01. The summed E-state index contributed by atoms with van der Waals surface area (Å²) in [6.45, 7) is 1.67. The van der Waals surface area contributed by atoms with Crippen molar-refractivity contribution in [1.29, 1.82) is 0 Å². The van der Waals surface area contributed by atoms with E-state index in [1.165, 1.54) is 12.1 Å². The van der Waals surface area contributed by atoms with Gasteiger partial charge in [-0.25, -0.2) is 8.78 Å². The van der Waals surface area contributed by atoms with Gasteiger partial charge in [0.05, 0.1) is 6.10 Å². The van der Waals surface area contributed by atoms with Crippen LogP contribution in [0.15, 0.2) is 42.5 Å². The minimum Gasteiger partial charge on any atom is -0.489 e. The third-order valence-corrected chi connectivity index (χ3v) is 2.69. The van der Waals surface area contributed by atoms with Crippen LogP contribution in [0.3, 0.4) is 0 Å². The predicted octanol–water partition coefficient (Wildman–Crippen LogP) is 3.60. The third-order valence-electron chi connectivity index (χ3n) is 2.69. The van der Waals surface area contributed by atoms with Crippen LogP contribution < -0.4 is 4.74 Å². The molecule has 2 rings (SSSR count). The van der Waals surface area contributed by atoms with E-state index in [9.17, 15) is 13.9 Å². The zero-order valence-electron chi connectivity index (χ0n) is 10.4. The molecular weight excluding hydrogens is 250 g/mol. The Morgan fingerprint density at radius 3 is 2.37 bits per heavy atom. The number of ether oxygens (including phenoxy) is 1. The number of halogens is 2. The average molecular weight is 264 g/mol. The first-order valence-electron chi connectivity index (χ1n) is 5.91. The van der Waals surface area contributed by atoms with Crippen LogP contribution in [0.25, 0.3) is 0 Å². The van der Waals surface area contributed by atoms with Crippen molar-refractivity contribution in [3.63, 3.8) is 0 Å². The molecule has 0 heterocycles. The van der Waals surface area contributed by atoms with E-state index < -0.39 is 17.7 Å². The van der Waals surface area contributed by atoms with Gasteiger partial charge in [-0.05, 0) is 30.7 Å². The van der Waals surface area contributed by atoms with Gasteiger partial charge < -0.3 is 9.84 Å². The first-order chi connectivity index (χ1) is 9.06. The monoisotopic (exact) mass is 264 g/mol. The number of benzene rings is 2. The summed E-state index contributed by atoms with van der Waals surface area (Å²) in [5.41, 5.74) is 1.04. The Kier molecular flexibility index (Phi) is 4.12. The van der Waals surface area contributed by atoms with Crippen LogP contribution in [0.1, 0.15) is 24.2 Å². The van der Waals surface area contributed by atoms with E-state index in [-0.39, 0.29) is 6.61 Å². The number of aliphatic hydroxyl groups is 1. The Morgan fingerprint density at radius 1 is 1.11 bits per heavy atom. The highest BCUT2D eigenvalue weighted by molar-refractivity contribution is 5.35. The molecule has 0 aliphatic carbocycles. The zero-order chi connectivity index (χ0) is 13.8. The zero-order valence-corrected chi connectivity index (χ0v) is 10.4. The smallest absolute Gasteiger partial charge is 0.126 e. The van der Waals surface area contributed by atoms with Crippen LogP contribution in [-0.2, 0) is 6.61 Å². The quantitative estimate of drug-likeness (QED) is 0.914. The maximum absolute atomic E-state index is 13.0. The third kappa shape index (κ3) is 3.51. The lowest BCUT2D eigenvalue weighted by atomic mass is 10.1. The Bertz CT molecular complexity index is 548. The van der Waals surface area contributed by atoms with Crippen molar-refractivity contribution in [3.8, 4) is 5.75 Å². The molecule has 0 aromatic heterocycles. The van der Waals surface area contributed by atoms with Gasteiger partial charge >= 0.3 is 0 Å². The minimum atomic E-state index is -0.666. The Balaban J connectivity index is 2.14. The molecule has 4 heteroatoms. The van der Waals surface area contributed by atoms with Crippen molar-refractivity contribution in [2.24, 2.45) is 0 Å². The summed E-state index contributed by atoms with van der Waals surface area (Å²) in [5.74, 6) is -0.771. The molecule has 0 spiro atoms. The van der Waals surface area contributed by atoms with Crippen LogP contribution in [-0.4, -0.2) is 5.11 Å². The van der Waals surface area contributed by atoms with E-state index in [1.54, 1.807) is 31.2 Å². The molecule has 0 saturated heterocycles. The van der Waals surface area contributed by atoms with Crippen molar-refractivity contribution in [1.82, 2.24) is 0 Å². The van der Waals surface area contributed by atoms with E-state index in [0.29, 0.717) is 16.9 Å².